The lowest BCUT2D eigenvalue weighted by molar-refractivity contribution is 1.26. The van der Waals surface area contributed by atoms with Gasteiger partial charge in [0.05, 0.1) is 0 Å². The lowest BCUT2D eigenvalue weighted by Gasteiger charge is -2.09. The fourth-order valence-electron chi connectivity index (χ4n) is 8.71. The van der Waals surface area contributed by atoms with Crippen molar-refractivity contribution in [1.82, 2.24) is 0 Å². The van der Waals surface area contributed by atoms with Gasteiger partial charge >= 0.3 is 0 Å². The Morgan fingerprint density at radius 1 is 0.216 bits per heavy atom. The SMILES string of the molecule is c1ccc2c(c1)Cc1ccc3ccccc3c1-2.c1ccc2c(c1)Cc1ccccc1-2.c1ccc2c3c(ccc2c1)Cc1ccc2ccccc2c1-3. The van der Waals surface area contributed by atoms with Crippen LogP contribution in [0.15, 0.2) is 182 Å². The number of hydrogen-bond donors (Lipinski definition) is 0. The first-order valence-corrected chi connectivity index (χ1v) is 18.1. The van der Waals surface area contributed by atoms with E-state index < -0.39 is 0 Å². The highest BCUT2D eigenvalue weighted by Crippen LogP contribution is 2.45. The highest BCUT2D eigenvalue weighted by atomic mass is 14.3. The first-order chi connectivity index (χ1) is 25.3. The summed E-state index contributed by atoms with van der Waals surface area (Å²) in [6.07, 6.45) is 3.24. The molecule has 0 spiro atoms. The lowest BCUT2D eigenvalue weighted by Crippen LogP contribution is -1.83. The van der Waals surface area contributed by atoms with E-state index in [1.807, 2.05) is 0 Å². The molecule has 0 atom stereocenters. The molecule has 12 rings (SSSR count). The summed E-state index contributed by atoms with van der Waals surface area (Å²) in [4.78, 5) is 0. The highest BCUT2D eigenvalue weighted by Gasteiger charge is 2.23. The molecule has 0 aromatic heterocycles. The number of rotatable bonds is 0. The minimum atomic E-state index is 1.06. The molecule has 0 heterocycles. The fourth-order valence-corrected chi connectivity index (χ4v) is 8.71. The molecule has 0 unspecified atom stereocenters. The molecule has 0 heteroatoms. The molecule has 51 heavy (non-hydrogen) atoms. The minimum absolute atomic E-state index is 1.06. The average Bonchev–Trinajstić information content (AvgIpc) is 3.90. The molecule has 0 N–H and O–H groups in total. The van der Waals surface area contributed by atoms with Crippen molar-refractivity contribution in [1.29, 1.82) is 0 Å². The summed E-state index contributed by atoms with van der Waals surface area (Å²) >= 11 is 0. The Kier molecular flexibility index (Phi) is 7.13. The number of benzene rings is 9. The Hall–Kier alpha value is -6.24. The fraction of sp³-hybridized carbons (Fsp3) is 0.0588. The molecule has 3 aliphatic carbocycles. The molecule has 0 saturated carbocycles. The standard InChI is InChI=1S/C21H14.C17H12.C13H10/c1-3-7-18-14(5-1)9-11-16-13-17-12-10-15-6-2-4-8-19(15)21(17)20(16)18;1-3-7-15-12(5-1)9-10-14-11-13-6-2-4-8-16(13)17(14)15;1-3-7-12-10(5-1)9-11-6-2-4-8-13(11)12/h1-12H,13H2;1-10H,11H2;1-8H,9H2. The predicted octanol–water partition coefficient (Wildman–Crippen LogP) is 13.2. The Bertz CT molecular complexity index is 2650. The van der Waals surface area contributed by atoms with Crippen molar-refractivity contribution in [2.75, 3.05) is 0 Å². The molecule has 0 amide bonds. The second kappa shape index (κ2) is 12.3. The quantitative estimate of drug-likeness (QED) is 0.153. The summed E-state index contributed by atoms with van der Waals surface area (Å²) in [5.41, 5.74) is 17.3. The second-order valence-corrected chi connectivity index (χ2v) is 14.0. The smallest absolute Gasteiger partial charge is 0.00130 e. The average molecular weight is 649 g/mol. The van der Waals surface area contributed by atoms with Crippen molar-refractivity contribution in [3.63, 3.8) is 0 Å². The van der Waals surface area contributed by atoms with Crippen LogP contribution in [0.3, 0.4) is 0 Å². The molecule has 0 bridgehead atoms. The van der Waals surface area contributed by atoms with Crippen molar-refractivity contribution in [2.45, 2.75) is 19.3 Å². The van der Waals surface area contributed by atoms with E-state index in [0.717, 1.165) is 19.3 Å². The molecule has 0 aliphatic heterocycles. The molecule has 0 fully saturated rings. The summed E-state index contributed by atoms with van der Waals surface area (Å²) in [6.45, 7) is 0. The van der Waals surface area contributed by atoms with Crippen molar-refractivity contribution in [3.05, 3.63) is 215 Å². The Labute approximate surface area is 299 Å². The van der Waals surface area contributed by atoms with Gasteiger partial charge in [0, 0.05) is 0 Å². The monoisotopic (exact) mass is 648 g/mol. The first-order valence-electron chi connectivity index (χ1n) is 18.1. The van der Waals surface area contributed by atoms with Crippen LogP contribution in [0.25, 0.3) is 65.7 Å². The zero-order valence-corrected chi connectivity index (χ0v) is 28.4. The van der Waals surface area contributed by atoms with Gasteiger partial charge in [0.15, 0.2) is 0 Å². The largest absolute Gasteiger partial charge is 0.0619 e. The van der Waals surface area contributed by atoms with E-state index in [4.69, 9.17) is 0 Å². The van der Waals surface area contributed by atoms with E-state index in [9.17, 15) is 0 Å². The third-order valence-electron chi connectivity index (χ3n) is 11.1. The van der Waals surface area contributed by atoms with Gasteiger partial charge < -0.3 is 0 Å². The molecule has 9 aromatic carbocycles. The first kappa shape index (κ1) is 29.7. The maximum atomic E-state index is 2.30. The third-order valence-corrected chi connectivity index (χ3v) is 11.1. The van der Waals surface area contributed by atoms with E-state index in [1.165, 1.54) is 99.1 Å². The van der Waals surface area contributed by atoms with E-state index >= 15 is 0 Å². The molecular weight excluding hydrogens is 613 g/mol. The normalized spacial score (nSPS) is 12.5. The molecular formula is C51H36. The number of hydrogen-bond acceptors (Lipinski definition) is 0. The van der Waals surface area contributed by atoms with E-state index in [-0.39, 0.29) is 0 Å². The lowest BCUT2D eigenvalue weighted by atomic mass is 9.94. The minimum Gasteiger partial charge on any atom is -0.0619 e. The van der Waals surface area contributed by atoms with E-state index in [2.05, 4.69) is 182 Å². The van der Waals surface area contributed by atoms with Crippen LogP contribution in [-0.2, 0) is 19.3 Å². The van der Waals surface area contributed by atoms with Gasteiger partial charge in [-0.05, 0) is 118 Å². The molecule has 9 aromatic rings. The van der Waals surface area contributed by atoms with Crippen LogP contribution in [-0.4, -0.2) is 0 Å². The van der Waals surface area contributed by atoms with Gasteiger partial charge in [0.2, 0.25) is 0 Å². The predicted molar refractivity (Wildman–Crippen MR) is 217 cm³/mol. The molecule has 3 aliphatic rings. The molecule has 0 radical (unpaired) electrons. The molecule has 0 nitrogen and oxygen atoms in total. The zero-order chi connectivity index (χ0) is 33.7. The van der Waals surface area contributed by atoms with Crippen LogP contribution in [0.1, 0.15) is 33.4 Å². The van der Waals surface area contributed by atoms with Crippen molar-refractivity contribution in [2.24, 2.45) is 0 Å². The summed E-state index contributed by atoms with van der Waals surface area (Å²) in [5, 5.41) is 8.14. The zero-order valence-electron chi connectivity index (χ0n) is 28.4. The summed E-state index contributed by atoms with van der Waals surface area (Å²) in [5.74, 6) is 0. The van der Waals surface area contributed by atoms with Crippen LogP contribution in [0.2, 0.25) is 0 Å². The highest BCUT2D eigenvalue weighted by molar-refractivity contribution is 6.09. The van der Waals surface area contributed by atoms with Gasteiger partial charge in [-0.15, -0.1) is 0 Å². The number of fused-ring (bicyclic) bond motifs is 15. The van der Waals surface area contributed by atoms with Gasteiger partial charge in [-0.2, -0.15) is 0 Å². The summed E-state index contributed by atoms with van der Waals surface area (Å²) in [7, 11) is 0. The summed E-state index contributed by atoms with van der Waals surface area (Å²) < 4.78 is 0. The second-order valence-electron chi connectivity index (χ2n) is 14.0. The van der Waals surface area contributed by atoms with Crippen LogP contribution in [0.4, 0.5) is 0 Å². The Morgan fingerprint density at radius 2 is 0.529 bits per heavy atom. The van der Waals surface area contributed by atoms with Crippen LogP contribution in [0.5, 0.6) is 0 Å². The Balaban J connectivity index is 0.0000000991. The molecule has 0 saturated heterocycles. The maximum Gasteiger partial charge on any atom is -0.00130 e. The van der Waals surface area contributed by atoms with E-state index in [1.54, 1.807) is 0 Å². The van der Waals surface area contributed by atoms with Crippen molar-refractivity contribution in [3.8, 4) is 33.4 Å². The van der Waals surface area contributed by atoms with Gasteiger partial charge in [-0.25, -0.2) is 0 Å². The van der Waals surface area contributed by atoms with Gasteiger partial charge in [0.1, 0.15) is 0 Å². The van der Waals surface area contributed by atoms with E-state index in [0.29, 0.717) is 0 Å². The van der Waals surface area contributed by atoms with Crippen LogP contribution >= 0.6 is 0 Å². The van der Waals surface area contributed by atoms with Crippen molar-refractivity contribution >= 4 is 32.3 Å². The maximum absolute atomic E-state index is 2.30. The molecule has 240 valence electrons. The van der Waals surface area contributed by atoms with Crippen molar-refractivity contribution < 1.29 is 0 Å². The topological polar surface area (TPSA) is 0 Å². The van der Waals surface area contributed by atoms with Crippen LogP contribution in [0, 0.1) is 0 Å². The van der Waals surface area contributed by atoms with Gasteiger partial charge in [-0.1, -0.05) is 182 Å². The van der Waals surface area contributed by atoms with Gasteiger partial charge in [0.25, 0.3) is 0 Å². The Morgan fingerprint density at radius 3 is 1.02 bits per heavy atom. The van der Waals surface area contributed by atoms with Gasteiger partial charge in [-0.3, -0.25) is 0 Å². The summed E-state index contributed by atoms with van der Waals surface area (Å²) in [6, 6.07) is 65.8. The van der Waals surface area contributed by atoms with Crippen LogP contribution < -0.4 is 0 Å². The third kappa shape index (κ3) is 5.06.